The molecule has 1 aromatic rings. The number of carboxylic acids is 1. The number of halogens is 3. The summed E-state index contributed by atoms with van der Waals surface area (Å²) in [4.78, 5) is 13.5. The fourth-order valence-electron chi connectivity index (χ4n) is 0.751. The minimum atomic E-state index is -3.07. The molecule has 1 aromatic heterocycles. The van der Waals surface area contributed by atoms with Crippen LogP contribution in [0.4, 0.5) is 13.2 Å². The number of carbonyl (C=O) groups is 1. The lowest BCUT2D eigenvalue weighted by molar-refractivity contribution is 0.0250. The molecule has 1 unspecified atom stereocenters. The Labute approximate surface area is 81.9 Å². The number of hydrogen-bond donors (Lipinski definition) is 1. The number of aromatic carboxylic acids is 1. The van der Waals surface area contributed by atoms with E-state index in [-0.39, 0.29) is 0 Å². The SMILES string of the molecule is CC(CF)(c1nc(C(=O)O)no1)C(F)F. The van der Waals surface area contributed by atoms with Crippen molar-refractivity contribution in [2.24, 2.45) is 0 Å². The Kier molecular flexibility index (Phi) is 2.96. The van der Waals surface area contributed by atoms with E-state index in [2.05, 4.69) is 14.7 Å². The van der Waals surface area contributed by atoms with Gasteiger partial charge in [-0.1, -0.05) is 0 Å². The number of aromatic nitrogens is 2. The molecule has 8 heteroatoms. The van der Waals surface area contributed by atoms with E-state index in [1.165, 1.54) is 0 Å². The third-order valence-corrected chi connectivity index (χ3v) is 1.87. The second-order valence-corrected chi connectivity index (χ2v) is 3.08. The summed E-state index contributed by atoms with van der Waals surface area (Å²) in [7, 11) is 0. The Balaban J connectivity index is 3.08. The fourth-order valence-corrected chi connectivity index (χ4v) is 0.751. The quantitative estimate of drug-likeness (QED) is 0.833. The third-order valence-electron chi connectivity index (χ3n) is 1.87. The van der Waals surface area contributed by atoms with Crippen LogP contribution in [0.15, 0.2) is 4.52 Å². The van der Waals surface area contributed by atoms with Crippen LogP contribution in [-0.2, 0) is 5.41 Å². The summed E-state index contributed by atoms with van der Waals surface area (Å²) in [5.41, 5.74) is -2.26. The van der Waals surface area contributed by atoms with Gasteiger partial charge in [0.25, 0.3) is 12.2 Å². The van der Waals surface area contributed by atoms with Crippen molar-refractivity contribution >= 4 is 5.97 Å². The molecule has 0 radical (unpaired) electrons. The highest BCUT2D eigenvalue weighted by molar-refractivity contribution is 5.82. The second-order valence-electron chi connectivity index (χ2n) is 3.08. The highest BCUT2D eigenvalue weighted by Gasteiger charge is 2.43. The number of carboxylic acid groups (broad SMARTS) is 1. The van der Waals surface area contributed by atoms with Gasteiger partial charge in [-0.3, -0.25) is 0 Å². The van der Waals surface area contributed by atoms with Crippen LogP contribution in [0.25, 0.3) is 0 Å². The van der Waals surface area contributed by atoms with Crippen LogP contribution in [0.2, 0.25) is 0 Å². The predicted octanol–water partition coefficient (Wildman–Crippen LogP) is 1.26. The maximum atomic E-state index is 12.5. The summed E-state index contributed by atoms with van der Waals surface area (Å²) in [5.74, 6) is -3.02. The van der Waals surface area contributed by atoms with E-state index in [0.717, 1.165) is 6.92 Å². The minimum Gasteiger partial charge on any atom is -0.475 e. The molecule has 0 aliphatic rings. The summed E-state index contributed by atoms with van der Waals surface area (Å²) in [6.45, 7) is -0.553. The number of hydrogen-bond acceptors (Lipinski definition) is 4. The second kappa shape index (κ2) is 3.87. The van der Waals surface area contributed by atoms with Crippen LogP contribution in [0.1, 0.15) is 23.4 Å². The molecule has 0 saturated heterocycles. The van der Waals surface area contributed by atoms with Crippen molar-refractivity contribution in [2.45, 2.75) is 18.8 Å². The predicted molar refractivity (Wildman–Crippen MR) is 40.6 cm³/mol. The molecule has 1 atom stereocenters. The third kappa shape index (κ3) is 1.92. The lowest BCUT2D eigenvalue weighted by atomic mass is 9.93. The Morgan fingerprint density at radius 3 is 2.60 bits per heavy atom. The van der Waals surface area contributed by atoms with Crippen LogP contribution < -0.4 is 0 Å². The van der Waals surface area contributed by atoms with E-state index in [1.54, 1.807) is 0 Å². The maximum Gasteiger partial charge on any atom is 0.377 e. The van der Waals surface area contributed by atoms with Gasteiger partial charge in [0.05, 0.1) is 0 Å². The van der Waals surface area contributed by atoms with Gasteiger partial charge in [-0.15, -0.1) is 0 Å². The van der Waals surface area contributed by atoms with Crippen molar-refractivity contribution in [3.05, 3.63) is 11.7 Å². The molecule has 84 valence electrons. The summed E-state index contributed by atoms with van der Waals surface area (Å²) < 4.78 is 41.6. The van der Waals surface area contributed by atoms with E-state index in [4.69, 9.17) is 5.11 Å². The van der Waals surface area contributed by atoms with Crippen LogP contribution in [-0.4, -0.2) is 34.3 Å². The van der Waals surface area contributed by atoms with Gasteiger partial charge in [-0.2, -0.15) is 4.98 Å². The van der Waals surface area contributed by atoms with Gasteiger partial charge in [-0.05, 0) is 12.1 Å². The molecule has 0 saturated carbocycles. The van der Waals surface area contributed by atoms with E-state index in [1.807, 2.05) is 0 Å². The lowest BCUT2D eigenvalue weighted by Gasteiger charge is -2.19. The van der Waals surface area contributed by atoms with E-state index >= 15 is 0 Å². The molecule has 1 N–H and O–H groups in total. The van der Waals surface area contributed by atoms with Crippen molar-refractivity contribution in [1.82, 2.24) is 10.1 Å². The minimum absolute atomic E-state index is 0.725. The van der Waals surface area contributed by atoms with Crippen LogP contribution in [0.5, 0.6) is 0 Å². The molecule has 0 bridgehead atoms. The van der Waals surface area contributed by atoms with Gasteiger partial charge in [0, 0.05) is 0 Å². The molecule has 0 aromatic carbocycles. The van der Waals surface area contributed by atoms with Gasteiger partial charge >= 0.3 is 5.97 Å². The first-order valence-corrected chi connectivity index (χ1v) is 3.83. The summed E-state index contributed by atoms with van der Waals surface area (Å²) in [5, 5.41) is 11.3. The largest absolute Gasteiger partial charge is 0.475 e. The number of alkyl halides is 3. The molecule has 0 aliphatic carbocycles. The Morgan fingerprint density at radius 1 is 1.67 bits per heavy atom. The topological polar surface area (TPSA) is 76.2 Å². The Morgan fingerprint density at radius 2 is 2.27 bits per heavy atom. The van der Waals surface area contributed by atoms with Crippen LogP contribution in [0.3, 0.4) is 0 Å². The first kappa shape index (κ1) is 11.5. The first-order chi connectivity index (χ1) is 6.91. The standard InChI is InChI=1S/C7H7F3N2O3/c1-7(2-8,5(9)10)6-11-3(4(13)14)12-15-6/h5H,2H2,1H3,(H,13,14). The molecule has 0 aliphatic heterocycles. The van der Waals surface area contributed by atoms with Gasteiger partial charge in [-0.25, -0.2) is 18.0 Å². The van der Waals surface area contributed by atoms with E-state index in [0.29, 0.717) is 0 Å². The monoisotopic (exact) mass is 224 g/mol. The zero-order valence-electron chi connectivity index (χ0n) is 7.58. The van der Waals surface area contributed by atoms with Gasteiger partial charge in [0.2, 0.25) is 5.89 Å². The average molecular weight is 224 g/mol. The van der Waals surface area contributed by atoms with Crippen molar-refractivity contribution in [3.8, 4) is 0 Å². The molecule has 1 rings (SSSR count). The molecule has 1 heterocycles. The molecule has 0 amide bonds. The molecular weight excluding hydrogens is 217 g/mol. The first-order valence-electron chi connectivity index (χ1n) is 3.83. The van der Waals surface area contributed by atoms with E-state index in [9.17, 15) is 18.0 Å². The molecule has 15 heavy (non-hydrogen) atoms. The summed E-state index contributed by atoms with van der Waals surface area (Å²) >= 11 is 0. The summed E-state index contributed by atoms with van der Waals surface area (Å²) in [6, 6.07) is 0. The normalized spacial score (nSPS) is 15.3. The lowest BCUT2D eigenvalue weighted by Crippen LogP contribution is -2.33. The van der Waals surface area contributed by atoms with Gasteiger partial charge in [0.1, 0.15) is 12.1 Å². The highest BCUT2D eigenvalue weighted by Crippen LogP contribution is 2.30. The van der Waals surface area contributed by atoms with Crippen molar-refractivity contribution in [1.29, 1.82) is 0 Å². The van der Waals surface area contributed by atoms with Crippen molar-refractivity contribution in [2.75, 3.05) is 6.67 Å². The smallest absolute Gasteiger partial charge is 0.377 e. The maximum absolute atomic E-state index is 12.5. The van der Waals surface area contributed by atoms with Crippen molar-refractivity contribution < 1.29 is 27.6 Å². The molecule has 5 nitrogen and oxygen atoms in total. The average Bonchev–Trinajstić information content (AvgIpc) is 2.65. The molecule has 0 fully saturated rings. The van der Waals surface area contributed by atoms with Crippen LogP contribution >= 0.6 is 0 Å². The highest BCUT2D eigenvalue weighted by atomic mass is 19.3. The Hall–Kier alpha value is -1.60. The molecule has 0 spiro atoms. The zero-order chi connectivity index (χ0) is 11.6. The van der Waals surface area contributed by atoms with Crippen LogP contribution in [0, 0.1) is 0 Å². The van der Waals surface area contributed by atoms with Crippen molar-refractivity contribution in [3.63, 3.8) is 0 Å². The zero-order valence-corrected chi connectivity index (χ0v) is 7.58. The van der Waals surface area contributed by atoms with Gasteiger partial charge in [0.15, 0.2) is 0 Å². The van der Waals surface area contributed by atoms with Gasteiger partial charge < -0.3 is 9.63 Å². The Bertz CT molecular complexity index is 368. The fraction of sp³-hybridized carbons (Fsp3) is 0.571. The molecular formula is C7H7F3N2O3. The number of nitrogens with zero attached hydrogens (tertiary/aromatic N) is 2. The van der Waals surface area contributed by atoms with E-state index < -0.39 is 36.2 Å². The number of rotatable bonds is 4. The summed E-state index contributed by atoms with van der Waals surface area (Å²) in [6.07, 6.45) is -3.07.